The molecule has 7 nitrogen and oxygen atoms in total. The van der Waals surface area contributed by atoms with E-state index in [9.17, 15) is 18.0 Å². The molecule has 0 saturated carbocycles. The van der Waals surface area contributed by atoms with E-state index in [0.717, 1.165) is 10.0 Å². The van der Waals surface area contributed by atoms with E-state index in [-0.39, 0.29) is 16.9 Å². The van der Waals surface area contributed by atoms with Crippen LogP contribution in [-0.4, -0.2) is 20.2 Å². The number of amides is 2. The van der Waals surface area contributed by atoms with Gasteiger partial charge in [0, 0.05) is 15.7 Å². The predicted octanol–water partition coefficient (Wildman–Crippen LogP) is 3.25. The fourth-order valence-corrected chi connectivity index (χ4v) is 3.93. The monoisotopic (exact) mass is 487 g/mol. The number of carbonyl (C=O) groups excluding carboxylic acids is 2. The minimum Gasteiger partial charge on any atom is -0.280 e. The molecule has 0 saturated heterocycles. The van der Waals surface area contributed by atoms with Crippen molar-refractivity contribution in [3.63, 3.8) is 0 Å². The summed E-state index contributed by atoms with van der Waals surface area (Å²) >= 11 is 3.29. The lowest BCUT2D eigenvalue weighted by Gasteiger charge is -2.10. The molecule has 0 unspecified atom stereocenters. The van der Waals surface area contributed by atoms with Gasteiger partial charge in [0.15, 0.2) is 0 Å². The van der Waals surface area contributed by atoms with E-state index >= 15 is 0 Å². The van der Waals surface area contributed by atoms with Gasteiger partial charge < -0.3 is 0 Å². The van der Waals surface area contributed by atoms with Crippen molar-refractivity contribution in [1.29, 1.82) is 0 Å². The number of hydrogen-bond acceptors (Lipinski definition) is 4. The van der Waals surface area contributed by atoms with E-state index in [1.165, 1.54) is 24.3 Å². The maximum absolute atomic E-state index is 12.6. The molecule has 2 amide bonds. The maximum atomic E-state index is 12.6. The zero-order valence-electron chi connectivity index (χ0n) is 15.6. The summed E-state index contributed by atoms with van der Waals surface area (Å²) < 4.78 is 28.5. The van der Waals surface area contributed by atoms with Crippen molar-refractivity contribution < 1.29 is 18.0 Å². The van der Waals surface area contributed by atoms with E-state index < -0.39 is 21.8 Å². The number of sulfonamides is 1. The molecular formula is C21H18BrN3O4S. The third-order valence-corrected chi connectivity index (χ3v) is 5.93. The Balaban J connectivity index is 1.64. The van der Waals surface area contributed by atoms with Crippen LogP contribution in [0.5, 0.6) is 0 Å². The number of benzene rings is 3. The van der Waals surface area contributed by atoms with Crippen LogP contribution < -0.4 is 15.6 Å². The Morgan fingerprint density at radius 2 is 1.53 bits per heavy atom. The molecule has 0 bridgehead atoms. The second kappa shape index (κ2) is 9.55. The van der Waals surface area contributed by atoms with Gasteiger partial charge in [0.1, 0.15) is 0 Å². The van der Waals surface area contributed by atoms with Crippen LogP contribution in [0, 0.1) is 0 Å². The molecule has 0 aliphatic rings. The highest BCUT2D eigenvalue weighted by Crippen LogP contribution is 2.19. The smallest absolute Gasteiger partial charge is 0.269 e. The number of anilines is 1. The Bertz CT molecular complexity index is 1150. The summed E-state index contributed by atoms with van der Waals surface area (Å²) in [6.45, 7) is 0. The van der Waals surface area contributed by atoms with Crippen LogP contribution >= 0.6 is 15.9 Å². The van der Waals surface area contributed by atoms with Crippen LogP contribution in [0.3, 0.4) is 0 Å². The summed E-state index contributed by atoms with van der Waals surface area (Å²) in [4.78, 5) is 24.2. The van der Waals surface area contributed by atoms with Crippen LogP contribution in [0.1, 0.15) is 15.9 Å². The van der Waals surface area contributed by atoms with E-state index in [4.69, 9.17) is 0 Å². The Morgan fingerprint density at radius 1 is 0.833 bits per heavy atom. The highest BCUT2D eigenvalue weighted by molar-refractivity contribution is 9.10. The van der Waals surface area contributed by atoms with Gasteiger partial charge >= 0.3 is 0 Å². The topological polar surface area (TPSA) is 104 Å². The normalized spacial score (nSPS) is 10.8. The minimum absolute atomic E-state index is 0.0753. The number of halogens is 1. The zero-order valence-corrected chi connectivity index (χ0v) is 18.0. The third-order valence-electron chi connectivity index (χ3n) is 4.03. The van der Waals surface area contributed by atoms with Crippen molar-refractivity contribution in [2.24, 2.45) is 0 Å². The molecule has 154 valence electrons. The van der Waals surface area contributed by atoms with E-state index in [0.29, 0.717) is 5.69 Å². The average molecular weight is 488 g/mol. The second-order valence-corrected chi connectivity index (χ2v) is 8.90. The molecule has 0 spiro atoms. The molecule has 9 heteroatoms. The van der Waals surface area contributed by atoms with Gasteiger partial charge in [0.2, 0.25) is 5.91 Å². The lowest BCUT2D eigenvalue weighted by molar-refractivity contribution is -0.121. The predicted molar refractivity (Wildman–Crippen MR) is 117 cm³/mol. The Hall–Kier alpha value is -3.17. The number of carbonyl (C=O) groups is 2. The third kappa shape index (κ3) is 5.91. The lowest BCUT2D eigenvalue weighted by atomic mass is 10.1. The van der Waals surface area contributed by atoms with Crippen LogP contribution in [0.25, 0.3) is 0 Å². The standard InChI is InChI=1S/C21H18BrN3O4S/c22-17-9-11-18(12-10-17)25-30(28,29)19-8-4-7-16(14-19)21(27)24-23-20(26)13-15-5-2-1-3-6-15/h1-12,14,25H,13H2,(H,23,26)(H,24,27). The summed E-state index contributed by atoms with van der Waals surface area (Å²) in [6, 6.07) is 21.2. The molecule has 3 aromatic rings. The molecule has 0 aliphatic heterocycles. The molecule has 3 aromatic carbocycles. The first kappa shape index (κ1) is 21.5. The maximum Gasteiger partial charge on any atom is 0.269 e. The van der Waals surface area contributed by atoms with Crippen molar-refractivity contribution in [1.82, 2.24) is 10.9 Å². The zero-order chi connectivity index (χ0) is 21.6. The molecule has 0 fully saturated rings. The second-order valence-electron chi connectivity index (χ2n) is 6.30. The van der Waals surface area contributed by atoms with Gasteiger partial charge in [-0.15, -0.1) is 0 Å². The first-order chi connectivity index (χ1) is 14.3. The largest absolute Gasteiger partial charge is 0.280 e. The number of nitrogens with one attached hydrogen (secondary N) is 3. The Kier molecular flexibility index (Phi) is 6.86. The Labute approximate surface area is 182 Å². The van der Waals surface area contributed by atoms with E-state index in [1.54, 1.807) is 36.4 Å². The number of rotatable bonds is 6. The highest BCUT2D eigenvalue weighted by atomic mass is 79.9. The fourth-order valence-electron chi connectivity index (χ4n) is 2.56. The van der Waals surface area contributed by atoms with E-state index in [2.05, 4.69) is 31.5 Å². The number of hydrazine groups is 1. The van der Waals surface area contributed by atoms with Gasteiger partial charge in [-0.25, -0.2) is 8.42 Å². The fraction of sp³-hybridized carbons (Fsp3) is 0.0476. The van der Waals surface area contributed by atoms with Gasteiger partial charge in [-0.3, -0.25) is 25.2 Å². The van der Waals surface area contributed by atoms with Crippen LogP contribution in [0.2, 0.25) is 0 Å². The van der Waals surface area contributed by atoms with Gasteiger partial charge in [-0.1, -0.05) is 52.3 Å². The molecule has 3 rings (SSSR count). The summed E-state index contributed by atoms with van der Waals surface area (Å²) in [5.74, 6) is -1.02. The van der Waals surface area contributed by atoms with Crippen LogP contribution in [0.15, 0.2) is 88.2 Å². The van der Waals surface area contributed by atoms with Crippen LogP contribution in [-0.2, 0) is 21.2 Å². The lowest BCUT2D eigenvalue weighted by Crippen LogP contribution is -2.42. The number of hydrogen-bond donors (Lipinski definition) is 3. The van der Waals surface area contributed by atoms with Crippen molar-refractivity contribution in [2.75, 3.05) is 4.72 Å². The van der Waals surface area contributed by atoms with Crippen molar-refractivity contribution >= 4 is 43.5 Å². The van der Waals surface area contributed by atoms with Gasteiger partial charge in [0.25, 0.3) is 15.9 Å². The molecule has 0 atom stereocenters. The molecule has 0 aliphatic carbocycles. The van der Waals surface area contributed by atoms with Crippen molar-refractivity contribution in [2.45, 2.75) is 11.3 Å². The van der Waals surface area contributed by atoms with Gasteiger partial charge in [-0.2, -0.15) is 0 Å². The summed E-state index contributed by atoms with van der Waals surface area (Å²) in [5, 5.41) is 0. The molecule has 0 heterocycles. The highest BCUT2D eigenvalue weighted by Gasteiger charge is 2.17. The first-order valence-corrected chi connectivity index (χ1v) is 11.1. The van der Waals surface area contributed by atoms with Gasteiger partial charge in [-0.05, 0) is 48.0 Å². The average Bonchev–Trinajstić information content (AvgIpc) is 2.74. The molecule has 30 heavy (non-hydrogen) atoms. The van der Waals surface area contributed by atoms with Gasteiger partial charge in [0.05, 0.1) is 11.3 Å². The van der Waals surface area contributed by atoms with E-state index in [1.807, 2.05) is 18.2 Å². The first-order valence-electron chi connectivity index (χ1n) is 8.85. The van der Waals surface area contributed by atoms with Crippen LogP contribution in [0.4, 0.5) is 5.69 Å². The molecule has 3 N–H and O–H groups in total. The minimum atomic E-state index is -3.89. The summed E-state index contributed by atoms with van der Waals surface area (Å²) in [5.41, 5.74) is 5.90. The Morgan fingerprint density at radius 3 is 2.23 bits per heavy atom. The van der Waals surface area contributed by atoms with Crippen molar-refractivity contribution in [3.05, 3.63) is 94.5 Å². The van der Waals surface area contributed by atoms with Crippen molar-refractivity contribution in [3.8, 4) is 0 Å². The summed E-state index contributed by atoms with van der Waals surface area (Å²) in [7, 11) is -3.89. The molecule has 0 aromatic heterocycles. The molecular weight excluding hydrogens is 470 g/mol. The quantitative estimate of drug-likeness (QED) is 0.464. The summed E-state index contributed by atoms with van der Waals surface area (Å²) in [6.07, 6.45) is 0.104. The molecule has 0 radical (unpaired) electrons. The SMILES string of the molecule is O=C(Cc1ccccc1)NNC(=O)c1cccc(S(=O)(=O)Nc2ccc(Br)cc2)c1.